The normalized spacial score (nSPS) is 8.56. The molecule has 16 N–H and O–H groups in total. The van der Waals surface area contributed by atoms with Crippen molar-refractivity contribution in [2.75, 3.05) is 11.5 Å². The average molecular weight is 267 g/mol. The van der Waals surface area contributed by atoms with Crippen LogP contribution in [0.5, 0.6) is 0 Å². The van der Waals surface area contributed by atoms with E-state index in [1.807, 2.05) is 0 Å². The minimum absolute atomic E-state index is 0. The Hall–Kier alpha value is -0.950. The lowest BCUT2D eigenvalue weighted by Gasteiger charge is -2.11. The number of carboxylic acid groups (broad SMARTS) is 2. The van der Waals surface area contributed by atoms with Crippen molar-refractivity contribution in [1.82, 2.24) is 12.3 Å². The molecule has 0 saturated carbocycles. The van der Waals surface area contributed by atoms with Crippen molar-refractivity contribution in [2.24, 2.45) is 5.73 Å². The monoisotopic (exact) mass is 267 g/mol. The van der Waals surface area contributed by atoms with Crippen molar-refractivity contribution < 1.29 is 36.2 Å². The summed E-state index contributed by atoms with van der Waals surface area (Å²) in [5.41, 5.74) is 5.01. The van der Waals surface area contributed by atoms with Gasteiger partial charge >= 0.3 is 0 Å². The van der Waals surface area contributed by atoms with E-state index in [-0.39, 0.29) is 40.2 Å². The van der Waals surface area contributed by atoms with Crippen molar-refractivity contribution in [1.29, 1.82) is 0 Å². The fraction of sp³-hybridized carbons (Fsp3) is 0.600. The van der Waals surface area contributed by atoms with Gasteiger partial charge in [-0.05, 0) is 0 Å². The van der Waals surface area contributed by atoms with Gasteiger partial charge < -0.3 is 54.3 Å². The van der Waals surface area contributed by atoms with Gasteiger partial charge in [0.05, 0.1) is 18.0 Å². The molecule has 1 atom stereocenters. The lowest BCUT2D eigenvalue weighted by atomic mass is 10.4. The van der Waals surface area contributed by atoms with E-state index >= 15 is 0 Å². The smallest absolute Gasteiger partial charge is 0.0590 e. The Morgan fingerprint density at radius 3 is 1.75 bits per heavy atom. The summed E-state index contributed by atoms with van der Waals surface area (Å²) in [5.74, 6) is -2.84. The van der Waals surface area contributed by atoms with Crippen LogP contribution in [0.1, 0.15) is 0 Å². The molecule has 0 spiro atoms. The standard InChI is InChI=1S/C5H9NO4S.2H3N.3H2O/c6-3(5(9)10)1-11-2-4(7)8;;;;;/h3H,1-2,6H2,(H,7,8)(H,9,10);2*1H3;3*1H2/t3-;;;;;/m1...../s1. The van der Waals surface area contributed by atoms with Crippen LogP contribution in [-0.4, -0.2) is 45.9 Å². The zero-order valence-electron chi connectivity index (χ0n) is 9.11. The second kappa shape index (κ2) is 19.6. The number of carboxylic acids is 2. The molecule has 0 aliphatic heterocycles. The van der Waals surface area contributed by atoms with E-state index < -0.39 is 18.0 Å². The van der Waals surface area contributed by atoms with Gasteiger partial charge in [0.25, 0.3) is 0 Å². The largest absolute Gasteiger partial charge is 0.549 e. The van der Waals surface area contributed by atoms with Crippen LogP contribution in [0.3, 0.4) is 0 Å². The SMILES string of the molecule is N[C@H](CSCC(=O)[O-])C(=O)[O-].O.O.O.[NH4+].[NH4+]. The summed E-state index contributed by atoms with van der Waals surface area (Å²) in [4.78, 5) is 19.8. The Bertz CT molecular complexity index is 170. The molecule has 0 amide bonds. The maximum absolute atomic E-state index is 9.96. The Labute approximate surface area is 96.3 Å². The van der Waals surface area contributed by atoms with E-state index in [9.17, 15) is 19.8 Å². The molecular weight excluding hydrogens is 246 g/mol. The maximum Gasteiger partial charge on any atom is 0.0590 e. The summed E-state index contributed by atoms with van der Waals surface area (Å²) in [6, 6.07) is -1.11. The van der Waals surface area contributed by atoms with Crippen LogP contribution < -0.4 is 28.2 Å². The summed E-state index contributed by atoms with van der Waals surface area (Å²) in [6.07, 6.45) is 0. The number of aliphatic carboxylic acids is 2. The van der Waals surface area contributed by atoms with Crippen LogP contribution in [0.15, 0.2) is 0 Å². The molecule has 0 aromatic heterocycles. The topological polar surface area (TPSA) is 274 Å². The minimum atomic E-state index is -1.38. The van der Waals surface area contributed by atoms with Gasteiger partial charge in [-0.1, -0.05) is 0 Å². The molecule has 0 saturated heterocycles. The van der Waals surface area contributed by atoms with Crippen molar-refractivity contribution in [3.63, 3.8) is 0 Å². The van der Waals surface area contributed by atoms with Crippen LogP contribution in [-0.2, 0) is 9.59 Å². The molecule has 104 valence electrons. The number of nitrogens with two attached hydrogens (primary N) is 1. The number of thioether (sulfide) groups is 1. The number of carbonyl (C=O) groups excluding carboxylic acids is 2. The molecule has 0 bridgehead atoms. The maximum atomic E-state index is 9.96. The number of rotatable bonds is 5. The third-order valence-corrected chi connectivity index (χ3v) is 1.85. The van der Waals surface area contributed by atoms with Crippen molar-refractivity contribution in [3.05, 3.63) is 0 Å². The Balaban J connectivity index is -0.0000000500. The summed E-state index contributed by atoms with van der Waals surface area (Å²) < 4.78 is 0. The highest BCUT2D eigenvalue weighted by molar-refractivity contribution is 7.99. The second-order valence-electron chi connectivity index (χ2n) is 1.81. The zero-order chi connectivity index (χ0) is 8.85. The quantitative estimate of drug-likeness (QED) is 0.437. The number of carbonyl (C=O) groups is 2. The first-order valence-electron chi connectivity index (χ1n) is 2.78. The van der Waals surface area contributed by atoms with Crippen molar-refractivity contribution in [3.8, 4) is 0 Å². The van der Waals surface area contributed by atoms with Gasteiger partial charge in [-0.3, -0.25) is 0 Å². The molecule has 0 unspecified atom stereocenters. The van der Waals surface area contributed by atoms with Gasteiger partial charge in [-0.15, -0.1) is 0 Å². The highest BCUT2D eigenvalue weighted by Crippen LogP contribution is 1.99. The van der Waals surface area contributed by atoms with Gasteiger partial charge in [0.15, 0.2) is 0 Å². The molecule has 11 heteroatoms. The van der Waals surface area contributed by atoms with E-state index in [4.69, 9.17) is 5.73 Å². The first-order valence-corrected chi connectivity index (χ1v) is 3.93. The fourth-order valence-corrected chi connectivity index (χ4v) is 1.01. The second-order valence-corrected chi connectivity index (χ2v) is 2.84. The molecule has 0 rings (SSSR count). The molecule has 0 aliphatic rings. The highest BCUT2D eigenvalue weighted by Gasteiger charge is 2.01. The van der Waals surface area contributed by atoms with Gasteiger partial charge in [0, 0.05) is 11.5 Å². The molecule has 0 radical (unpaired) electrons. The zero-order valence-corrected chi connectivity index (χ0v) is 9.93. The Kier molecular flexibility index (Phi) is 44.4. The molecule has 10 nitrogen and oxygen atoms in total. The molecule has 0 aliphatic carbocycles. The first-order chi connectivity index (χ1) is 5.04. The third-order valence-electron chi connectivity index (χ3n) is 0.820. The molecule has 0 aromatic carbocycles. The van der Waals surface area contributed by atoms with Crippen molar-refractivity contribution >= 4 is 23.7 Å². The number of hydrogen-bond donors (Lipinski definition) is 3. The van der Waals surface area contributed by atoms with Gasteiger partial charge in [0.2, 0.25) is 0 Å². The summed E-state index contributed by atoms with van der Waals surface area (Å²) in [5, 5.41) is 19.8. The van der Waals surface area contributed by atoms with Gasteiger partial charge in [0.1, 0.15) is 0 Å². The Morgan fingerprint density at radius 2 is 1.50 bits per heavy atom. The fourth-order valence-electron chi connectivity index (χ4n) is 0.337. The van der Waals surface area contributed by atoms with E-state index in [1.165, 1.54) is 0 Å². The van der Waals surface area contributed by atoms with Gasteiger partial charge in [-0.2, -0.15) is 11.8 Å². The summed E-state index contributed by atoms with van der Waals surface area (Å²) in [7, 11) is 0. The van der Waals surface area contributed by atoms with Crippen LogP contribution in [0, 0.1) is 0 Å². The predicted octanol–water partition coefficient (Wildman–Crippen LogP) is -5.17. The molecule has 16 heavy (non-hydrogen) atoms. The highest BCUT2D eigenvalue weighted by atomic mass is 32.2. The molecular formula is C5H21N3O7S. The molecule has 0 heterocycles. The third kappa shape index (κ3) is 23.1. The summed E-state index contributed by atoms with van der Waals surface area (Å²) in [6.45, 7) is 0. The lowest BCUT2D eigenvalue weighted by Crippen LogP contribution is -2.43. The number of hydrogen-bond acceptors (Lipinski definition) is 6. The van der Waals surface area contributed by atoms with Gasteiger partial charge in [-0.25, -0.2) is 0 Å². The number of quaternary nitrogens is 2. The Morgan fingerprint density at radius 1 is 1.12 bits per heavy atom. The summed E-state index contributed by atoms with van der Waals surface area (Å²) >= 11 is 0.890. The van der Waals surface area contributed by atoms with E-state index in [2.05, 4.69) is 0 Å². The van der Waals surface area contributed by atoms with Crippen LogP contribution in [0.2, 0.25) is 0 Å². The van der Waals surface area contributed by atoms with Crippen LogP contribution >= 0.6 is 11.8 Å². The van der Waals surface area contributed by atoms with Crippen LogP contribution in [0.4, 0.5) is 0 Å². The van der Waals surface area contributed by atoms with E-state index in [1.54, 1.807) is 0 Å². The van der Waals surface area contributed by atoms with E-state index in [0.717, 1.165) is 11.8 Å². The average Bonchev–Trinajstić information content (AvgIpc) is 1.86. The molecule has 0 fully saturated rings. The first kappa shape index (κ1) is 36.3. The lowest BCUT2D eigenvalue weighted by molar-refractivity contribution is -0.307. The minimum Gasteiger partial charge on any atom is -0.549 e. The molecule has 0 aromatic rings. The van der Waals surface area contributed by atoms with Crippen LogP contribution in [0.25, 0.3) is 0 Å². The predicted molar refractivity (Wildman–Crippen MR) is 58.1 cm³/mol. The van der Waals surface area contributed by atoms with E-state index in [0.29, 0.717) is 0 Å². The van der Waals surface area contributed by atoms with Crippen molar-refractivity contribution in [2.45, 2.75) is 6.04 Å².